The fourth-order valence-corrected chi connectivity index (χ4v) is 4.13. The van der Waals surface area contributed by atoms with Gasteiger partial charge in [0.1, 0.15) is 0 Å². The van der Waals surface area contributed by atoms with E-state index in [0.29, 0.717) is 5.92 Å². The molecule has 100 valence electrons. The van der Waals surface area contributed by atoms with Gasteiger partial charge in [-0.15, -0.1) is 0 Å². The lowest BCUT2D eigenvalue weighted by molar-refractivity contribution is -0.125. The number of amides is 1. The van der Waals surface area contributed by atoms with Gasteiger partial charge in [0.05, 0.1) is 0 Å². The predicted molar refractivity (Wildman–Crippen MR) is 72.1 cm³/mol. The molecular formula is C15H24N2O. The van der Waals surface area contributed by atoms with E-state index in [-0.39, 0.29) is 11.8 Å². The summed E-state index contributed by atoms with van der Waals surface area (Å²) < 4.78 is 0. The molecule has 0 spiro atoms. The van der Waals surface area contributed by atoms with Crippen molar-refractivity contribution in [3.05, 3.63) is 0 Å². The summed E-state index contributed by atoms with van der Waals surface area (Å²) in [6, 6.07) is 0. The van der Waals surface area contributed by atoms with Gasteiger partial charge in [0.25, 0.3) is 0 Å². The summed E-state index contributed by atoms with van der Waals surface area (Å²) in [5.74, 6) is 2.80. The minimum Gasteiger partial charge on any atom is -0.273 e. The van der Waals surface area contributed by atoms with Crippen molar-refractivity contribution in [1.29, 1.82) is 0 Å². The van der Waals surface area contributed by atoms with E-state index in [2.05, 4.69) is 10.5 Å². The Morgan fingerprint density at radius 1 is 1.06 bits per heavy atom. The maximum atomic E-state index is 11.9. The van der Waals surface area contributed by atoms with Crippen LogP contribution in [-0.2, 0) is 4.79 Å². The highest BCUT2D eigenvalue weighted by Gasteiger charge is 2.38. The summed E-state index contributed by atoms with van der Waals surface area (Å²) in [4.78, 5) is 11.9. The van der Waals surface area contributed by atoms with E-state index in [4.69, 9.17) is 0 Å². The molecule has 0 aromatic rings. The van der Waals surface area contributed by atoms with Crippen LogP contribution in [0, 0.1) is 23.7 Å². The smallest absolute Gasteiger partial charge is 0.243 e. The maximum Gasteiger partial charge on any atom is 0.243 e. The van der Waals surface area contributed by atoms with Crippen LogP contribution in [0.5, 0.6) is 0 Å². The summed E-state index contributed by atoms with van der Waals surface area (Å²) in [7, 11) is 0. The maximum absolute atomic E-state index is 11.9. The molecular weight excluding hydrogens is 224 g/mol. The number of rotatable bonds is 3. The second kappa shape index (κ2) is 5.41. The number of hydrogen-bond acceptors (Lipinski definition) is 2. The second-order valence-electron chi connectivity index (χ2n) is 6.43. The third kappa shape index (κ3) is 2.60. The zero-order chi connectivity index (χ0) is 12.4. The third-order valence-electron chi connectivity index (χ3n) is 5.21. The van der Waals surface area contributed by atoms with Crippen molar-refractivity contribution < 1.29 is 4.79 Å². The number of nitrogens with one attached hydrogen (secondary N) is 1. The van der Waals surface area contributed by atoms with Crippen molar-refractivity contribution in [2.24, 2.45) is 28.8 Å². The summed E-state index contributed by atoms with van der Waals surface area (Å²) in [5, 5.41) is 4.22. The minimum atomic E-state index is 0.147. The normalized spacial score (nSPS) is 36.3. The molecule has 3 fully saturated rings. The van der Waals surface area contributed by atoms with E-state index >= 15 is 0 Å². The van der Waals surface area contributed by atoms with Crippen molar-refractivity contribution in [3.63, 3.8) is 0 Å². The Balaban J connectivity index is 1.44. The Hall–Kier alpha value is -0.860. The van der Waals surface area contributed by atoms with Crippen molar-refractivity contribution >= 4 is 12.1 Å². The first-order valence-electron chi connectivity index (χ1n) is 7.66. The number of hydrogen-bond donors (Lipinski definition) is 1. The van der Waals surface area contributed by atoms with Crippen LogP contribution in [-0.4, -0.2) is 12.1 Å². The summed E-state index contributed by atoms with van der Waals surface area (Å²) in [6.07, 6.45) is 13.3. The van der Waals surface area contributed by atoms with Crippen LogP contribution in [0.1, 0.15) is 57.8 Å². The molecule has 1 amide bonds. The highest BCUT2D eigenvalue weighted by molar-refractivity contribution is 5.79. The SMILES string of the molecule is O=C(N/N=C/C1CC2CCC1C2)C1CCCCC1. The Bertz CT molecular complexity index is 333. The van der Waals surface area contributed by atoms with Gasteiger partial charge in [-0.1, -0.05) is 25.7 Å². The molecule has 3 nitrogen and oxygen atoms in total. The van der Waals surface area contributed by atoms with Crippen LogP contribution in [0.25, 0.3) is 0 Å². The van der Waals surface area contributed by atoms with E-state index in [1.54, 1.807) is 0 Å². The molecule has 0 saturated heterocycles. The van der Waals surface area contributed by atoms with Gasteiger partial charge in [-0.05, 0) is 49.9 Å². The summed E-state index contributed by atoms with van der Waals surface area (Å²) in [5.41, 5.74) is 2.77. The molecule has 3 rings (SSSR count). The second-order valence-corrected chi connectivity index (χ2v) is 6.43. The molecule has 0 radical (unpaired) electrons. The van der Waals surface area contributed by atoms with Gasteiger partial charge in [0.2, 0.25) is 5.91 Å². The first-order chi connectivity index (χ1) is 8.83. The minimum absolute atomic E-state index is 0.147. The molecule has 3 aliphatic rings. The van der Waals surface area contributed by atoms with Crippen LogP contribution in [0.3, 0.4) is 0 Å². The third-order valence-corrected chi connectivity index (χ3v) is 5.21. The molecule has 0 aliphatic heterocycles. The van der Waals surface area contributed by atoms with Gasteiger partial charge in [-0.2, -0.15) is 5.10 Å². The van der Waals surface area contributed by atoms with Gasteiger partial charge < -0.3 is 0 Å². The molecule has 1 N–H and O–H groups in total. The number of nitrogens with zero attached hydrogens (tertiary/aromatic N) is 1. The van der Waals surface area contributed by atoms with Gasteiger partial charge in [0.15, 0.2) is 0 Å². The summed E-state index contributed by atoms with van der Waals surface area (Å²) in [6.45, 7) is 0. The van der Waals surface area contributed by atoms with Crippen molar-refractivity contribution in [2.75, 3.05) is 0 Å². The van der Waals surface area contributed by atoms with E-state index in [1.165, 1.54) is 44.9 Å². The molecule has 0 aromatic heterocycles. The van der Waals surface area contributed by atoms with E-state index in [0.717, 1.165) is 24.7 Å². The molecule has 3 aliphatic carbocycles. The first-order valence-corrected chi connectivity index (χ1v) is 7.66. The number of fused-ring (bicyclic) bond motifs is 2. The Labute approximate surface area is 109 Å². The van der Waals surface area contributed by atoms with Crippen LogP contribution >= 0.6 is 0 Å². The van der Waals surface area contributed by atoms with E-state index in [1.807, 2.05) is 6.21 Å². The Morgan fingerprint density at radius 3 is 2.56 bits per heavy atom. The zero-order valence-corrected chi connectivity index (χ0v) is 11.1. The molecule has 18 heavy (non-hydrogen) atoms. The van der Waals surface area contributed by atoms with Gasteiger partial charge in [0, 0.05) is 12.1 Å². The van der Waals surface area contributed by atoms with Crippen LogP contribution in [0.2, 0.25) is 0 Å². The lowest BCUT2D eigenvalue weighted by Crippen LogP contribution is -2.29. The fourth-order valence-electron chi connectivity index (χ4n) is 4.13. The molecule has 3 heteroatoms. The molecule has 3 unspecified atom stereocenters. The monoisotopic (exact) mass is 248 g/mol. The van der Waals surface area contributed by atoms with Crippen LogP contribution in [0.15, 0.2) is 5.10 Å². The molecule has 2 bridgehead atoms. The highest BCUT2D eigenvalue weighted by Crippen LogP contribution is 2.47. The van der Waals surface area contributed by atoms with Gasteiger partial charge >= 0.3 is 0 Å². The quantitative estimate of drug-likeness (QED) is 0.605. The molecule has 3 atom stereocenters. The molecule has 0 aromatic carbocycles. The topological polar surface area (TPSA) is 41.5 Å². The average molecular weight is 248 g/mol. The average Bonchev–Trinajstić information content (AvgIpc) is 3.02. The number of carbonyl (C=O) groups is 1. The zero-order valence-electron chi connectivity index (χ0n) is 11.1. The lowest BCUT2D eigenvalue weighted by Gasteiger charge is -2.20. The number of carbonyl (C=O) groups excluding carboxylic acids is 1. The fraction of sp³-hybridized carbons (Fsp3) is 0.867. The van der Waals surface area contributed by atoms with Gasteiger partial charge in [-0.3, -0.25) is 4.79 Å². The van der Waals surface area contributed by atoms with Crippen molar-refractivity contribution in [1.82, 2.24) is 5.43 Å². The first kappa shape index (κ1) is 12.2. The molecule has 0 heterocycles. The van der Waals surface area contributed by atoms with Crippen molar-refractivity contribution in [2.45, 2.75) is 57.8 Å². The van der Waals surface area contributed by atoms with Crippen LogP contribution < -0.4 is 5.43 Å². The van der Waals surface area contributed by atoms with E-state index < -0.39 is 0 Å². The van der Waals surface area contributed by atoms with E-state index in [9.17, 15) is 4.79 Å². The Morgan fingerprint density at radius 2 is 1.89 bits per heavy atom. The van der Waals surface area contributed by atoms with Crippen molar-refractivity contribution in [3.8, 4) is 0 Å². The summed E-state index contributed by atoms with van der Waals surface area (Å²) >= 11 is 0. The number of hydrazone groups is 1. The van der Waals surface area contributed by atoms with Crippen LogP contribution in [0.4, 0.5) is 0 Å². The highest BCUT2D eigenvalue weighted by atomic mass is 16.2. The predicted octanol–water partition coefficient (Wildman–Crippen LogP) is 3.10. The standard InChI is InChI=1S/C15H24N2O/c18-15(12-4-2-1-3-5-12)17-16-10-14-9-11-6-7-13(14)8-11/h10-14H,1-9H2,(H,17,18)/b16-10+. The largest absolute Gasteiger partial charge is 0.273 e. The Kier molecular flexibility index (Phi) is 3.67. The van der Waals surface area contributed by atoms with Gasteiger partial charge in [-0.25, -0.2) is 5.43 Å². The lowest BCUT2D eigenvalue weighted by atomic mass is 9.89. The molecule has 3 saturated carbocycles.